The SMILES string of the molecule is Cc1ccc(Oc2sc(C(N)=O)c3c2-c2c(cnn2C)CC3)cc1. The molecule has 1 aliphatic carbocycles. The summed E-state index contributed by atoms with van der Waals surface area (Å²) in [7, 11) is 1.91. The number of benzene rings is 1. The van der Waals surface area contributed by atoms with Crippen LogP contribution in [0.1, 0.15) is 26.4 Å². The Morgan fingerprint density at radius 3 is 2.75 bits per heavy atom. The van der Waals surface area contributed by atoms with E-state index < -0.39 is 5.91 Å². The molecule has 0 spiro atoms. The standard InChI is InChI=1S/C18H17N3O2S/c1-10-3-6-12(7-4-10)23-18-14-13(16(24-18)17(19)22)8-5-11-9-20-21(2)15(11)14/h3-4,6-7,9H,5,8H2,1-2H3,(H2,19,22). The number of thiophene rings is 1. The molecule has 0 unspecified atom stereocenters. The molecule has 2 heterocycles. The maximum Gasteiger partial charge on any atom is 0.259 e. The van der Waals surface area contributed by atoms with Crippen LogP contribution in [0.25, 0.3) is 11.3 Å². The van der Waals surface area contributed by atoms with Gasteiger partial charge in [-0.1, -0.05) is 29.0 Å². The second-order valence-electron chi connectivity index (χ2n) is 5.99. The van der Waals surface area contributed by atoms with Gasteiger partial charge in [-0.05, 0) is 43.0 Å². The van der Waals surface area contributed by atoms with E-state index in [1.165, 1.54) is 22.5 Å². The van der Waals surface area contributed by atoms with Crippen LogP contribution in [-0.2, 0) is 19.9 Å². The van der Waals surface area contributed by atoms with Gasteiger partial charge in [-0.15, -0.1) is 0 Å². The van der Waals surface area contributed by atoms with E-state index in [0.717, 1.165) is 35.4 Å². The van der Waals surface area contributed by atoms with E-state index in [1.807, 2.05) is 49.1 Å². The monoisotopic (exact) mass is 339 g/mol. The van der Waals surface area contributed by atoms with Gasteiger partial charge in [0.25, 0.3) is 5.91 Å². The van der Waals surface area contributed by atoms with Gasteiger partial charge in [0.1, 0.15) is 5.75 Å². The van der Waals surface area contributed by atoms with Gasteiger partial charge in [-0.2, -0.15) is 5.10 Å². The summed E-state index contributed by atoms with van der Waals surface area (Å²) in [6, 6.07) is 7.86. The molecular weight excluding hydrogens is 322 g/mol. The number of hydrogen-bond acceptors (Lipinski definition) is 4. The fraction of sp³-hybridized carbons (Fsp3) is 0.222. The Balaban J connectivity index is 1.87. The van der Waals surface area contributed by atoms with Crippen LogP contribution in [0.2, 0.25) is 0 Å². The number of primary amides is 1. The smallest absolute Gasteiger partial charge is 0.259 e. The number of nitrogens with two attached hydrogens (primary N) is 1. The molecule has 1 aromatic carbocycles. The summed E-state index contributed by atoms with van der Waals surface area (Å²) in [5, 5.41) is 5.06. The van der Waals surface area contributed by atoms with Crippen molar-refractivity contribution in [2.24, 2.45) is 12.8 Å². The fourth-order valence-electron chi connectivity index (χ4n) is 3.15. The summed E-state index contributed by atoms with van der Waals surface area (Å²) < 4.78 is 7.95. The predicted molar refractivity (Wildman–Crippen MR) is 93.7 cm³/mol. The van der Waals surface area contributed by atoms with Gasteiger partial charge in [0.2, 0.25) is 0 Å². The second-order valence-corrected chi connectivity index (χ2v) is 6.98. The van der Waals surface area contributed by atoms with Crippen LogP contribution in [0.15, 0.2) is 30.5 Å². The topological polar surface area (TPSA) is 70.1 Å². The zero-order chi connectivity index (χ0) is 16.8. The molecule has 0 saturated heterocycles. The maximum absolute atomic E-state index is 11.9. The van der Waals surface area contributed by atoms with Gasteiger partial charge in [-0.3, -0.25) is 9.48 Å². The Morgan fingerprint density at radius 2 is 2.04 bits per heavy atom. The summed E-state index contributed by atoms with van der Waals surface area (Å²) in [6.45, 7) is 2.03. The van der Waals surface area contributed by atoms with E-state index in [9.17, 15) is 4.79 Å². The highest BCUT2D eigenvalue weighted by Crippen LogP contribution is 2.48. The lowest BCUT2D eigenvalue weighted by Crippen LogP contribution is -2.13. The molecule has 2 aromatic heterocycles. The zero-order valence-corrected chi connectivity index (χ0v) is 14.3. The van der Waals surface area contributed by atoms with E-state index in [1.54, 1.807) is 0 Å². The molecule has 0 atom stereocenters. The number of carbonyl (C=O) groups excluding carboxylic acids is 1. The average molecular weight is 339 g/mol. The number of amides is 1. The molecule has 0 radical (unpaired) electrons. The number of nitrogens with zero attached hydrogens (tertiary/aromatic N) is 2. The van der Waals surface area contributed by atoms with Gasteiger partial charge in [-0.25, -0.2) is 0 Å². The highest BCUT2D eigenvalue weighted by molar-refractivity contribution is 7.16. The van der Waals surface area contributed by atoms with Crippen LogP contribution in [0.4, 0.5) is 0 Å². The van der Waals surface area contributed by atoms with Crippen molar-refractivity contribution in [3.8, 4) is 22.1 Å². The first-order chi connectivity index (χ1) is 11.5. The quantitative estimate of drug-likeness (QED) is 0.794. The van der Waals surface area contributed by atoms with E-state index in [2.05, 4.69) is 5.10 Å². The number of aromatic nitrogens is 2. The van der Waals surface area contributed by atoms with Gasteiger partial charge < -0.3 is 10.5 Å². The Kier molecular flexibility index (Phi) is 3.42. The van der Waals surface area contributed by atoms with Gasteiger partial charge in [0, 0.05) is 7.05 Å². The third kappa shape index (κ3) is 2.30. The number of fused-ring (bicyclic) bond motifs is 3. The lowest BCUT2D eigenvalue weighted by molar-refractivity contribution is 0.100. The second kappa shape index (κ2) is 5.49. The molecular formula is C18H17N3O2S. The van der Waals surface area contributed by atoms with Crippen molar-refractivity contribution in [3.63, 3.8) is 0 Å². The van der Waals surface area contributed by atoms with E-state index in [4.69, 9.17) is 10.5 Å². The number of aryl methyl sites for hydroxylation is 3. The summed E-state index contributed by atoms with van der Waals surface area (Å²) in [4.78, 5) is 12.5. The first-order valence-electron chi connectivity index (χ1n) is 7.76. The van der Waals surface area contributed by atoms with Crippen molar-refractivity contribution < 1.29 is 9.53 Å². The Morgan fingerprint density at radius 1 is 1.29 bits per heavy atom. The normalized spacial score (nSPS) is 12.6. The maximum atomic E-state index is 11.9. The van der Waals surface area contributed by atoms with Crippen LogP contribution in [0, 0.1) is 6.92 Å². The molecule has 1 amide bonds. The lowest BCUT2D eigenvalue weighted by atomic mass is 9.91. The van der Waals surface area contributed by atoms with Crippen molar-refractivity contribution in [1.82, 2.24) is 9.78 Å². The van der Waals surface area contributed by atoms with Crippen LogP contribution in [0.3, 0.4) is 0 Å². The minimum absolute atomic E-state index is 0.402. The van der Waals surface area contributed by atoms with Crippen LogP contribution >= 0.6 is 11.3 Å². The molecule has 5 nitrogen and oxygen atoms in total. The van der Waals surface area contributed by atoms with Gasteiger partial charge in [0.15, 0.2) is 5.06 Å². The van der Waals surface area contributed by atoms with Crippen molar-refractivity contribution in [2.75, 3.05) is 0 Å². The first-order valence-corrected chi connectivity index (χ1v) is 8.57. The molecule has 24 heavy (non-hydrogen) atoms. The molecule has 0 bridgehead atoms. The Labute approximate surface area is 143 Å². The zero-order valence-electron chi connectivity index (χ0n) is 13.5. The van der Waals surface area contributed by atoms with Crippen LogP contribution in [-0.4, -0.2) is 15.7 Å². The summed E-state index contributed by atoms with van der Waals surface area (Å²) in [5.41, 5.74) is 10.9. The molecule has 0 saturated carbocycles. The van der Waals surface area contributed by atoms with E-state index >= 15 is 0 Å². The lowest BCUT2D eigenvalue weighted by Gasteiger charge is -2.16. The molecule has 0 aliphatic heterocycles. The third-order valence-corrected chi connectivity index (χ3v) is 5.45. The van der Waals surface area contributed by atoms with Gasteiger partial charge >= 0.3 is 0 Å². The highest BCUT2D eigenvalue weighted by Gasteiger charge is 2.30. The average Bonchev–Trinajstić information content (AvgIpc) is 3.11. The third-order valence-electron chi connectivity index (χ3n) is 4.33. The molecule has 122 valence electrons. The minimum Gasteiger partial charge on any atom is -0.446 e. The minimum atomic E-state index is -0.402. The fourth-order valence-corrected chi connectivity index (χ4v) is 4.23. The summed E-state index contributed by atoms with van der Waals surface area (Å²) >= 11 is 1.32. The van der Waals surface area contributed by atoms with Crippen molar-refractivity contribution in [1.29, 1.82) is 0 Å². The number of hydrogen-bond donors (Lipinski definition) is 1. The first kappa shape index (κ1) is 15.0. The Hall–Kier alpha value is -2.60. The van der Waals surface area contributed by atoms with Crippen molar-refractivity contribution >= 4 is 17.2 Å². The number of carbonyl (C=O) groups is 1. The summed E-state index contributed by atoms with van der Waals surface area (Å²) in [5.74, 6) is 0.343. The molecule has 2 N–H and O–H groups in total. The number of rotatable bonds is 3. The summed E-state index contributed by atoms with van der Waals surface area (Å²) in [6.07, 6.45) is 3.52. The van der Waals surface area contributed by atoms with Crippen molar-refractivity contribution in [3.05, 3.63) is 52.0 Å². The molecule has 6 heteroatoms. The van der Waals surface area contributed by atoms with Crippen LogP contribution < -0.4 is 10.5 Å². The highest BCUT2D eigenvalue weighted by atomic mass is 32.1. The molecule has 0 fully saturated rings. The van der Waals surface area contributed by atoms with E-state index in [0.29, 0.717) is 9.94 Å². The molecule has 4 rings (SSSR count). The Bertz CT molecular complexity index is 938. The van der Waals surface area contributed by atoms with Crippen molar-refractivity contribution in [2.45, 2.75) is 19.8 Å². The van der Waals surface area contributed by atoms with Crippen LogP contribution in [0.5, 0.6) is 10.8 Å². The van der Waals surface area contributed by atoms with Gasteiger partial charge in [0.05, 0.1) is 22.3 Å². The molecule has 1 aliphatic rings. The largest absolute Gasteiger partial charge is 0.446 e. The predicted octanol–water partition coefficient (Wildman–Crippen LogP) is 3.45. The number of ether oxygens (including phenoxy) is 1. The van der Waals surface area contributed by atoms with E-state index in [-0.39, 0.29) is 0 Å². The molecule has 3 aromatic rings.